The molecule has 3 heteroatoms. The van der Waals surface area contributed by atoms with Gasteiger partial charge in [0.2, 0.25) is 0 Å². The lowest BCUT2D eigenvalue weighted by Gasteiger charge is -2.21. The molecule has 2 N–H and O–H groups in total. The molecule has 0 saturated carbocycles. The molecule has 86 valence electrons. The lowest BCUT2D eigenvalue weighted by Crippen LogP contribution is -2.15. The van der Waals surface area contributed by atoms with Crippen molar-refractivity contribution in [3.05, 3.63) is 45.5 Å². The fourth-order valence-electron chi connectivity index (χ4n) is 2.10. The second-order valence-corrected chi connectivity index (χ2v) is 5.01. The van der Waals surface area contributed by atoms with Gasteiger partial charge in [-0.1, -0.05) is 34.9 Å². The molecule has 1 aliphatic rings. The molecule has 1 nitrogen and oxygen atoms in total. The summed E-state index contributed by atoms with van der Waals surface area (Å²) in [7, 11) is 0. The Balaban J connectivity index is 2.29. The predicted molar refractivity (Wildman–Crippen MR) is 69.9 cm³/mol. The lowest BCUT2D eigenvalue weighted by atomic mass is 9.90. The van der Waals surface area contributed by atoms with Gasteiger partial charge in [-0.25, -0.2) is 0 Å². The second-order valence-electron chi connectivity index (χ2n) is 4.17. The molecule has 1 atom stereocenters. The minimum atomic E-state index is -0.105. The van der Waals surface area contributed by atoms with Gasteiger partial charge in [0, 0.05) is 10.0 Å². The molecule has 1 aliphatic carbocycles. The van der Waals surface area contributed by atoms with Crippen LogP contribution in [0, 0.1) is 0 Å². The van der Waals surface area contributed by atoms with E-state index in [9.17, 15) is 0 Å². The zero-order valence-electron chi connectivity index (χ0n) is 9.05. The van der Waals surface area contributed by atoms with Crippen LogP contribution in [0.1, 0.15) is 37.3 Å². The maximum absolute atomic E-state index is 6.23. The number of hydrogen-bond donors (Lipinski definition) is 1. The van der Waals surface area contributed by atoms with E-state index in [4.69, 9.17) is 28.9 Å². The van der Waals surface area contributed by atoms with Gasteiger partial charge in [-0.2, -0.15) is 0 Å². The highest BCUT2D eigenvalue weighted by atomic mass is 35.5. The Kier molecular flexibility index (Phi) is 3.91. The van der Waals surface area contributed by atoms with Crippen molar-refractivity contribution in [1.29, 1.82) is 0 Å². The van der Waals surface area contributed by atoms with E-state index < -0.39 is 0 Å². The van der Waals surface area contributed by atoms with Crippen LogP contribution < -0.4 is 5.73 Å². The average molecular weight is 256 g/mol. The molecule has 0 saturated heterocycles. The number of hydrogen-bond acceptors (Lipinski definition) is 1. The first-order valence-electron chi connectivity index (χ1n) is 5.58. The Labute approximate surface area is 106 Å². The van der Waals surface area contributed by atoms with Crippen LogP contribution in [0.3, 0.4) is 0 Å². The van der Waals surface area contributed by atoms with Crippen LogP contribution in [0.4, 0.5) is 0 Å². The quantitative estimate of drug-likeness (QED) is 0.775. The maximum atomic E-state index is 6.23. The third-order valence-corrected chi connectivity index (χ3v) is 3.60. The molecule has 0 heterocycles. The number of benzene rings is 1. The highest BCUT2D eigenvalue weighted by Crippen LogP contribution is 2.33. The summed E-state index contributed by atoms with van der Waals surface area (Å²) >= 11 is 12.1. The van der Waals surface area contributed by atoms with Crippen LogP contribution in [0.2, 0.25) is 10.0 Å². The zero-order chi connectivity index (χ0) is 11.5. The van der Waals surface area contributed by atoms with E-state index in [1.807, 2.05) is 12.1 Å². The lowest BCUT2D eigenvalue weighted by molar-refractivity contribution is 0.648. The minimum absolute atomic E-state index is 0.105. The van der Waals surface area contributed by atoms with Crippen molar-refractivity contribution in [2.75, 3.05) is 0 Å². The fraction of sp³-hybridized carbons (Fsp3) is 0.385. The van der Waals surface area contributed by atoms with Gasteiger partial charge in [-0.15, -0.1) is 0 Å². The van der Waals surface area contributed by atoms with E-state index in [-0.39, 0.29) is 6.04 Å². The van der Waals surface area contributed by atoms with Crippen molar-refractivity contribution in [2.45, 2.75) is 31.7 Å². The predicted octanol–water partition coefficient (Wildman–Crippen LogP) is 4.49. The summed E-state index contributed by atoms with van der Waals surface area (Å²) in [5.74, 6) is 0. The van der Waals surface area contributed by atoms with Crippen LogP contribution in [0.25, 0.3) is 0 Å². The molecule has 1 aromatic carbocycles. The highest BCUT2D eigenvalue weighted by molar-refractivity contribution is 6.33. The first-order chi connectivity index (χ1) is 7.68. The van der Waals surface area contributed by atoms with Gasteiger partial charge in [0.1, 0.15) is 0 Å². The standard InChI is InChI=1S/C13H15Cl2N/c14-10-6-7-12(15)11(8-10)13(16)9-4-2-1-3-5-9/h4,6-8,13H,1-3,5,16H2. The topological polar surface area (TPSA) is 26.0 Å². The zero-order valence-corrected chi connectivity index (χ0v) is 10.6. The van der Waals surface area contributed by atoms with Crippen molar-refractivity contribution in [2.24, 2.45) is 5.73 Å². The Hall–Kier alpha value is -0.500. The highest BCUT2D eigenvalue weighted by Gasteiger charge is 2.16. The smallest absolute Gasteiger partial charge is 0.0526 e. The van der Waals surface area contributed by atoms with Crippen LogP contribution in [-0.4, -0.2) is 0 Å². The van der Waals surface area contributed by atoms with Crippen LogP contribution in [0.15, 0.2) is 29.8 Å². The molecule has 0 aliphatic heterocycles. The Morgan fingerprint density at radius 2 is 2.00 bits per heavy atom. The van der Waals surface area contributed by atoms with Gasteiger partial charge in [-0.05, 0) is 49.4 Å². The van der Waals surface area contributed by atoms with E-state index in [2.05, 4.69) is 6.08 Å². The molecule has 0 aromatic heterocycles. The first-order valence-corrected chi connectivity index (χ1v) is 6.33. The molecule has 0 amide bonds. The van der Waals surface area contributed by atoms with Gasteiger partial charge in [0.25, 0.3) is 0 Å². The van der Waals surface area contributed by atoms with Crippen molar-refractivity contribution < 1.29 is 0 Å². The average Bonchev–Trinajstić information content (AvgIpc) is 2.32. The third-order valence-electron chi connectivity index (χ3n) is 3.02. The molecular formula is C13H15Cl2N. The molecule has 0 fully saturated rings. The summed E-state index contributed by atoms with van der Waals surface area (Å²) in [5.41, 5.74) is 8.45. The van der Waals surface area contributed by atoms with E-state index in [0.29, 0.717) is 10.0 Å². The second kappa shape index (κ2) is 5.22. The molecule has 0 radical (unpaired) electrons. The van der Waals surface area contributed by atoms with Gasteiger partial charge in [-0.3, -0.25) is 0 Å². The number of allylic oxidation sites excluding steroid dienone is 1. The molecule has 0 bridgehead atoms. The van der Waals surface area contributed by atoms with Crippen LogP contribution >= 0.6 is 23.2 Å². The van der Waals surface area contributed by atoms with Gasteiger partial charge >= 0.3 is 0 Å². The molecule has 16 heavy (non-hydrogen) atoms. The summed E-state index contributed by atoms with van der Waals surface area (Å²) in [6.45, 7) is 0. The van der Waals surface area contributed by atoms with Crippen molar-refractivity contribution in [3.8, 4) is 0 Å². The Morgan fingerprint density at radius 3 is 2.69 bits per heavy atom. The van der Waals surface area contributed by atoms with Gasteiger partial charge in [0.05, 0.1) is 6.04 Å². The van der Waals surface area contributed by atoms with Crippen LogP contribution in [-0.2, 0) is 0 Å². The van der Waals surface area contributed by atoms with Crippen molar-refractivity contribution in [3.63, 3.8) is 0 Å². The third kappa shape index (κ3) is 2.60. The van der Waals surface area contributed by atoms with Crippen molar-refractivity contribution >= 4 is 23.2 Å². The van der Waals surface area contributed by atoms with E-state index in [1.54, 1.807) is 6.07 Å². The summed E-state index contributed by atoms with van der Waals surface area (Å²) in [6.07, 6.45) is 6.92. The summed E-state index contributed by atoms with van der Waals surface area (Å²) in [5, 5.41) is 1.38. The SMILES string of the molecule is NC(C1=CCCCC1)c1cc(Cl)ccc1Cl. The summed E-state index contributed by atoms with van der Waals surface area (Å²) in [6, 6.07) is 5.36. The minimum Gasteiger partial charge on any atom is -0.320 e. The number of rotatable bonds is 2. The number of nitrogens with two attached hydrogens (primary N) is 1. The maximum Gasteiger partial charge on any atom is 0.0526 e. The first kappa shape index (κ1) is 12.0. The molecule has 1 aromatic rings. The normalized spacial score (nSPS) is 18.1. The Bertz CT molecular complexity index is 412. The summed E-state index contributed by atoms with van der Waals surface area (Å²) < 4.78 is 0. The molecular weight excluding hydrogens is 241 g/mol. The van der Waals surface area contributed by atoms with E-state index >= 15 is 0 Å². The monoisotopic (exact) mass is 255 g/mol. The molecule has 1 unspecified atom stereocenters. The molecule has 2 rings (SSSR count). The largest absolute Gasteiger partial charge is 0.320 e. The number of halogens is 2. The summed E-state index contributed by atoms with van der Waals surface area (Å²) in [4.78, 5) is 0. The van der Waals surface area contributed by atoms with Gasteiger partial charge in [0.15, 0.2) is 0 Å². The Morgan fingerprint density at radius 1 is 1.19 bits per heavy atom. The fourth-order valence-corrected chi connectivity index (χ4v) is 2.51. The van der Waals surface area contributed by atoms with Crippen molar-refractivity contribution in [1.82, 2.24) is 0 Å². The molecule has 0 spiro atoms. The van der Waals surface area contributed by atoms with E-state index in [0.717, 1.165) is 18.4 Å². The van der Waals surface area contributed by atoms with E-state index in [1.165, 1.54) is 18.4 Å². The van der Waals surface area contributed by atoms with Gasteiger partial charge < -0.3 is 5.73 Å². The van der Waals surface area contributed by atoms with Crippen LogP contribution in [0.5, 0.6) is 0 Å².